The van der Waals surface area contributed by atoms with Crippen LogP contribution in [0.2, 0.25) is 0 Å². The molecule has 2 aromatic heterocycles. The molecule has 0 amide bonds. The van der Waals surface area contributed by atoms with Crippen LogP contribution in [0.1, 0.15) is 44.1 Å². The number of nitrogens with zero attached hydrogens (tertiary/aromatic N) is 4. The Morgan fingerprint density at radius 1 is 1.18 bits per heavy atom. The standard InChI is InChI=1S/C17H23N5/c1-12(2)22-9-5-7-15(22)14-10-18-11-17(20-14)21-16-8-4-6-13(3)19-16/h4,6,8,10-12,15H,5,7,9H2,1-3H3,(H,19,20,21). The molecule has 1 aliphatic rings. The smallest absolute Gasteiger partial charge is 0.150 e. The van der Waals surface area contributed by atoms with Crippen molar-refractivity contribution in [2.24, 2.45) is 0 Å². The van der Waals surface area contributed by atoms with Crippen molar-refractivity contribution in [3.63, 3.8) is 0 Å². The monoisotopic (exact) mass is 297 g/mol. The molecule has 1 aliphatic heterocycles. The molecule has 1 saturated heterocycles. The molecule has 0 saturated carbocycles. The lowest BCUT2D eigenvalue weighted by atomic mass is 10.1. The minimum Gasteiger partial charge on any atom is -0.324 e. The minimum atomic E-state index is 0.375. The van der Waals surface area contributed by atoms with Gasteiger partial charge in [-0.3, -0.25) is 9.88 Å². The van der Waals surface area contributed by atoms with Gasteiger partial charge in [-0.05, 0) is 52.3 Å². The summed E-state index contributed by atoms with van der Waals surface area (Å²) in [4.78, 5) is 16.1. The molecule has 1 N–H and O–H groups in total. The van der Waals surface area contributed by atoms with Crippen LogP contribution in [-0.2, 0) is 0 Å². The van der Waals surface area contributed by atoms with Gasteiger partial charge < -0.3 is 5.32 Å². The van der Waals surface area contributed by atoms with E-state index in [1.807, 2.05) is 31.3 Å². The Labute approximate surface area is 131 Å². The van der Waals surface area contributed by atoms with E-state index in [2.05, 4.69) is 34.0 Å². The van der Waals surface area contributed by atoms with Crippen molar-refractivity contribution in [2.45, 2.75) is 45.7 Å². The molecule has 1 fully saturated rings. The summed E-state index contributed by atoms with van der Waals surface area (Å²) in [6.45, 7) is 7.60. The van der Waals surface area contributed by atoms with Gasteiger partial charge in [-0.25, -0.2) is 9.97 Å². The van der Waals surface area contributed by atoms with Gasteiger partial charge in [0, 0.05) is 11.7 Å². The van der Waals surface area contributed by atoms with E-state index in [1.54, 1.807) is 6.20 Å². The topological polar surface area (TPSA) is 53.9 Å². The SMILES string of the molecule is Cc1cccc(Nc2cncc(C3CCCN3C(C)C)n2)n1. The third-order valence-corrected chi connectivity index (χ3v) is 4.10. The van der Waals surface area contributed by atoms with Gasteiger partial charge in [0.1, 0.15) is 11.6 Å². The molecule has 0 aromatic carbocycles. The molecule has 1 atom stereocenters. The van der Waals surface area contributed by atoms with E-state index in [1.165, 1.54) is 6.42 Å². The van der Waals surface area contributed by atoms with Gasteiger partial charge in [-0.1, -0.05) is 6.07 Å². The van der Waals surface area contributed by atoms with Gasteiger partial charge in [0.05, 0.1) is 24.1 Å². The molecule has 3 rings (SSSR count). The van der Waals surface area contributed by atoms with Crippen LogP contribution in [-0.4, -0.2) is 32.4 Å². The van der Waals surface area contributed by atoms with Crippen LogP contribution >= 0.6 is 0 Å². The first-order valence-corrected chi connectivity index (χ1v) is 7.92. The Balaban J connectivity index is 1.80. The van der Waals surface area contributed by atoms with Crippen molar-refractivity contribution in [2.75, 3.05) is 11.9 Å². The number of likely N-dealkylation sites (tertiary alicyclic amines) is 1. The first kappa shape index (κ1) is 14.9. The second kappa shape index (κ2) is 6.40. The van der Waals surface area contributed by atoms with Crippen LogP contribution in [0.25, 0.3) is 0 Å². The van der Waals surface area contributed by atoms with Gasteiger partial charge >= 0.3 is 0 Å². The fourth-order valence-electron chi connectivity index (χ4n) is 3.07. The van der Waals surface area contributed by atoms with E-state index < -0.39 is 0 Å². The van der Waals surface area contributed by atoms with E-state index in [0.717, 1.165) is 36.0 Å². The van der Waals surface area contributed by atoms with E-state index in [0.29, 0.717) is 12.1 Å². The second-order valence-corrected chi connectivity index (χ2v) is 6.11. The van der Waals surface area contributed by atoms with Crippen LogP contribution in [0.4, 0.5) is 11.6 Å². The average Bonchev–Trinajstić information content (AvgIpc) is 2.97. The molecule has 5 heteroatoms. The van der Waals surface area contributed by atoms with Crippen LogP contribution < -0.4 is 5.32 Å². The summed E-state index contributed by atoms with van der Waals surface area (Å²) in [6.07, 6.45) is 6.02. The van der Waals surface area contributed by atoms with E-state index in [4.69, 9.17) is 4.98 Å². The summed E-state index contributed by atoms with van der Waals surface area (Å²) >= 11 is 0. The molecule has 0 radical (unpaired) electrons. The lowest BCUT2D eigenvalue weighted by Crippen LogP contribution is -2.30. The normalized spacial score (nSPS) is 18.8. The molecule has 0 spiro atoms. The minimum absolute atomic E-state index is 0.375. The first-order valence-electron chi connectivity index (χ1n) is 7.92. The maximum Gasteiger partial charge on any atom is 0.150 e. The quantitative estimate of drug-likeness (QED) is 0.936. The average molecular weight is 297 g/mol. The van der Waals surface area contributed by atoms with Crippen LogP contribution in [0.5, 0.6) is 0 Å². The number of pyridine rings is 1. The van der Waals surface area contributed by atoms with Crippen molar-refractivity contribution in [3.05, 3.63) is 42.0 Å². The first-order chi connectivity index (χ1) is 10.6. The molecule has 1 unspecified atom stereocenters. The lowest BCUT2D eigenvalue weighted by Gasteiger charge is -2.27. The summed E-state index contributed by atoms with van der Waals surface area (Å²) in [6, 6.07) is 6.81. The molecular weight excluding hydrogens is 274 g/mol. The Bertz CT molecular complexity index is 640. The van der Waals surface area contributed by atoms with Gasteiger partial charge in [0.2, 0.25) is 0 Å². The zero-order valence-corrected chi connectivity index (χ0v) is 13.5. The van der Waals surface area contributed by atoms with Crippen molar-refractivity contribution in [3.8, 4) is 0 Å². The Morgan fingerprint density at radius 2 is 2.05 bits per heavy atom. The second-order valence-electron chi connectivity index (χ2n) is 6.11. The zero-order valence-electron chi connectivity index (χ0n) is 13.5. The third kappa shape index (κ3) is 3.25. The summed E-state index contributed by atoms with van der Waals surface area (Å²) in [7, 11) is 0. The molecule has 0 bridgehead atoms. The highest BCUT2D eigenvalue weighted by Gasteiger charge is 2.29. The van der Waals surface area contributed by atoms with Gasteiger partial charge in [0.15, 0.2) is 0 Å². The summed E-state index contributed by atoms with van der Waals surface area (Å²) in [5, 5.41) is 3.25. The lowest BCUT2D eigenvalue weighted by molar-refractivity contribution is 0.202. The third-order valence-electron chi connectivity index (χ3n) is 4.10. The molecule has 116 valence electrons. The molecule has 0 aliphatic carbocycles. The van der Waals surface area contributed by atoms with Crippen LogP contribution in [0.3, 0.4) is 0 Å². The maximum absolute atomic E-state index is 4.76. The molecule has 5 nitrogen and oxygen atoms in total. The Hall–Kier alpha value is -2.01. The van der Waals surface area contributed by atoms with Gasteiger partial charge in [-0.2, -0.15) is 0 Å². The fraction of sp³-hybridized carbons (Fsp3) is 0.471. The number of hydrogen-bond acceptors (Lipinski definition) is 5. The van der Waals surface area contributed by atoms with Crippen molar-refractivity contribution in [1.82, 2.24) is 19.9 Å². The summed E-state index contributed by atoms with van der Waals surface area (Å²) in [5.74, 6) is 1.56. The van der Waals surface area contributed by atoms with Crippen LogP contribution in [0, 0.1) is 6.92 Å². The molecule has 22 heavy (non-hydrogen) atoms. The summed E-state index contributed by atoms with van der Waals surface area (Å²) in [5.41, 5.74) is 2.03. The largest absolute Gasteiger partial charge is 0.324 e. The van der Waals surface area contributed by atoms with Crippen molar-refractivity contribution in [1.29, 1.82) is 0 Å². The number of anilines is 2. The fourth-order valence-corrected chi connectivity index (χ4v) is 3.07. The van der Waals surface area contributed by atoms with Gasteiger partial charge in [0.25, 0.3) is 0 Å². The number of nitrogens with one attached hydrogen (secondary N) is 1. The number of aromatic nitrogens is 3. The molecular formula is C17H23N5. The predicted octanol–water partition coefficient (Wildman–Crippen LogP) is 3.47. The molecule has 2 aromatic rings. The zero-order chi connectivity index (χ0) is 15.5. The maximum atomic E-state index is 4.76. The number of rotatable bonds is 4. The Morgan fingerprint density at radius 3 is 2.82 bits per heavy atom. The predicted molar refractivity (Wildman–Crippen MR) is 88.1 cm³/mol. The van der Waals surface area contributed by atoms with E-state index >= 15 is 0 Å². The Kier molecular flexibility index (Phi) is 4.34. The highest BCUT2D eigenvalue weighted by Crippen LogP contribution is 2.32. The number of hydrogen-bond donors (Lipinski definition) is 1. The van der Waals surface area contributed by atoms with Crippen molar-refractivity contribution >= 4 is 11.6 Å². The highest BCUT2D eigenvalue weighted by molar-refractivity contribution is 5.50. The van der Waals surface area contributed by atoms with Crippen LogP contribution in [0.15, 0.2) is 30.6 Å². The van der Waals surface area contributed by atoms with Crippen molar-refractivity contribution < 1.29 is 0 Å². The summed E-state index contributed by atoms with van der Waals surface area (Å²) < 4.78 is 0. The van der Waals surface area contributed by atoms with Gasteiger partial charge in [-0.15, -0.1) is 0 Å². The van der Waals surface area contributed by atoms with E-state index in [9.17, 15) is 0 Å². The highest BCUT2D eigenvalue weighted by atomic mass is 15.2. The molecule has 3 heterocycles. The number of aryl methyl sites for hydroxylation is 1. The van der Waals surface area contributed by atoms with E-state index in [-0.39, 0.29) is 0 Å².